The number of aromatic nitrogens is 1. The molecule has 0 radical (unpaired) electrons. The van der Waals surface area contributed by atoms with E-state index in [0.29, 0.717) is 0 Å². The third kappa shape index (κ3) is 2.39. The van der Waals surface area contributed by atoms with Crippen LogP contribution in [0.2, 0.25) is 0 Å². The molecule has 0 N–H and O–H groups in total. The van der Waals surface area contributed by atoms with E-state index in [0.717, 1.165) is 42.7 Å². The zero-order chi connectivity index (χ0) is 12.6. The van der Waals surface area contributed by atoms with Crippen molar-refractivity contribution in [3.05, 3.63) is 22.9 Å². The summed E-state index contributed by atoms with van der Waals surface area (Å²) in [6.45, 7) is 4.69. The Hall–Kier alpha value is -0.650. The molecule has 0 amide bonds. The van der Waals surface area contributed by atoms with Crippen LogP contribution in [0.4, 0.5) is 5.69 Å². The molecule has 98 valence electrons. The van der Waals surface area contributed by atoms with Crippen LogP contribution in [-0.4, -0.2) is 36.6 Å². The molecule has 2 aliphatic heterocycles. The Morgan fingerprint density at radius 3 is 2.78 bits per heavy atom. The maximum absolute atomic E-state index is 5.92. The van der Waals surface area contributed by atoms with Crippen LogP contribution < -0.4 is 4.90 Å². The van der Waals surface area contributed by atoms with Crippen LogP contribution in [0.3, 0.4) is 0 Å². The van der Waals surface area contributed by atoms with Crippen molar-refractivity contribution in [3.8, 4) is 0 Å². The van der Waals surface area contributed by atoms with E-state index in [2.05, 4.69) is 38.8 Å². The van der Waals surface area contributed by atoms with Crippen LogP contribution in [-0.2, 0) is 9.47 Å². The summed E-state index contributed by atoms with van der Waals surface area (Å²) in [5.74, 6) is -0.324. The van der Waals surface area contributed by atoms with Crippen molar-refractivity contribution in [1.82, 2.24) is 4.98 Å². The van der Waals surface area contributed by atoms with Gasteiger partial charge in [-0.15, -0.1) is 0 Å². The predicted molar refractivity (Wildman–Crippen MR) is 72.6 cm³/mol. The number of anilines is 1. The maximum Gasteiger partial charge on any atom is 0.172 e. The zero-order valence-electron chi connectivity index (χ0n) is 10.4. The molecule has 1 aromatic rings. The first-order chi connectivity index (χ1) is 8.67. The highest BCUT2D eigenvalue weighted by molar-refractivity contribution is 9.10. The van der Waals surface area contributed by atoms with Crippen LogP contribution in [0, 0.1) is 0 Å². The van der Waals surface area contributed by atoms with Crippen molar-refractivity contribution in [2.45, 2.75) is 31.7 Å². The van der Waals surface area contributed by atoms with E-state index < -0.39 is 0 Å². The molecular formula is C13H17BrN2O2. The van der Waals surface area contributed by atoms with Gasteiger partial charge in [0.25, 0.3) is 0 Å². The number of halogens is 1. The fraction of sp³-hybridized carbons (Fsp3) is 0.615. The molecule has 2 saturated heterocycles. The average molecular weight is 313 g/mol. The van der Waals surface area contributed by atoms with E-state index in [1.807, 2.05) is 6.20 Å². The first kappa shape index (κ1) is 12.4. The van der Waals surface area contributed by atoms with E-state index in [9.17, 15) is 0 Å². The first-order valence-corrected chi connectivity index (χ1v) is 7.13. The van der Waals surface area contributed by atoms with Gasteiger partial charge in [-0.2, -0.15) is 0 Å². The molecule has 1 aromatic heterocycles. The zero-order valence-corrected chi connectivity index (χ0v) is 12.0. The topological polar surface area (TPSA) is 34.6 Å². The Morgan fingerprint density at radius 2 is 2.17 bits per heavy atom. The minimum Gasteiger partial charge on any atom is -0.370 e. The van der Waals surface area contributed by atoms with E-state index in [4.69, 9.17) is 9.47 Å². The number of hydrogen-bond donors (Lipinski definition) is 0. The lowest BCUT2D eigenvalue weighted by atomic mass is 10.0. The lowest BCUT2D eigenvalue weighted by Crippen LogP contribution is -2.45. The number of hydrogen-bond acceptors (Lipinski definition) is 4. The molecule has 18 heavy (non-hydrogen) atoms. The van der Waals surface area contributed by atoms with E-state index in [1.165, 1.54) is 0 Å². The summed E-state index contributed by atoms with van der Waals surface area (Å²) in [5.41, 5.74) is 1.16. The minimum absolute atomic E-state index is 0.226. The van der Waals surface area contributed by atoms with Gasteiger partial charge in [0.2, 0.25) is 0 Å². The summed E-state index contributed by atoms with van der Waals surface area (Å²) in [4.78, 5) is 6.54. The number of piperidine rings is 1. The summed E-state index contributed by atoms with van der Waals surface area (Å²) in [6.07, 6.45) is 5.78. The molecule has 5 heteroatoms. The molecule has 0 bridgehead atoms. The van der Waals surface area contributed by atoms with Crippen molar-refractivity contribution in [2.75, 3.05) is 24.6 Å². The molecule has 0 saturated carbocycles. The highest BCUT2D eigenvalue weighted by Crippen LogP contribution is 2.35. The predicted octanol–water partition coefficient (Wildman–Crippen LogP) is 2.58. The largest absolute Gasteiger partial charge is 0.370 e. The van der Waals surface area contributed by atoms with E-state index >= 15 is 0 Å². The van der Waals surface area contributed by atoms with Gasteiger partial charge in [0.15, 0.2) is 5.79 Å². The van der Waals surface area contributed by atoms with Crippen molar-refractivity contribution in [3.63, 3.8) is 0 Å². The highest BCUT2D eigenvalue weighted by atomic mass is 79.9. The molecule has 0 aromatic carbocycles. The smallest absolute Gasteiger partial charge is 0.172 e. The van der Waals surface area contributed by atoms with Crippen molar-refractivity contribution < 1.29 is 9.47 Å². The summed E-state index contributed by atoms with van der Waals surface area (Å²) < 4.78 is 12.8. The van der Waals surface area contributed by atoms with Crippen LogP contribution >= 0.6 is 15.9 Å². The Labute approximate surface area is 115 Å². The van der Waals surface area contributed by atoms with Crippen molar-refractivity contribution in [2.24, 2.45) is 0 Å². The van der Waals surface area contributed by atoms with Gasteiger partial charge < -0.3 is 14.4 Å². The standard InChI is InChI=1S/C13H17BrN2O2/c1-10-9-17-13(18-10)2-4-16(5-3-13)12-6-11(14)7-15-8-12/h6-8,10H,2-5,9H2,1H3/t10-/m1/s1. The van der Waals surface area contributed by atoms with Crippen LogP contribution in [0.1, 0.15) is 19.8 Å². The Kier molecular flexibility index (Phi) is 3.30. The Morgan fingerprint density at radius 1 is 1.39 bits per heavy atom. The van der Waals surface area contributed by atoms with E-state index in [1.54, 1.807) is 6.20 Å². The molecule has 1 atom stereocenters. The molecule has 4 nitrogen and oxygen atoms in total. The molecule has 1 spiro atoms. The Balaban J connectivity index is 1.67. The summed E-state index contributed by atoms with van der Waals surface area (Å²) in [5, 5.41) is 0. The quantitative estimate of drug-likeness (QED) is 0.798. The van der Waals surface area contributed by atoms with Crippen LogP contribution in [0.5, 0.6) is 0 Å². The molecule has 3 heterocycles. The van der Waals surface area contributed by atoms with Gasteiger partial charge in [-0.25, -0.2) is 0 Å². The van der Waals surface area contributed by atoms with Gasteiger partial charge in [-0.3, -0.25) is 4.98 Å². The lowest BCUT2D eigenvalue weighted by Gasteiger charge is -2.38. The second-order valence-electron chi connectivity index (χ2n) is 5.00. The normalized spacial score (nSPS) is 26.8. The van der Waals surface area contributed by atoms with Crippen molar-refractivity contribution >= 4 is 21.6 Å². The van der Waals surface area contributed by atoms with E-state index in [-0.39, 0.29) is 11.9 Å². The molecule has 2 aliphatic rings. The monoisotopic (exact) mass is 312 g/mol. The molecule has 2 fully saturated rings. The van der Waals surface area contributed by atoms with Gasteiger partial charge in [0.05, 0.1) is 24.6 Å². The lowest BCUT2D eigenvalue weighted by molar-refractivity contribution is -0.178. The first-order valence-electron chi connectivity index (χ1n) is 6.34. The molecular weight excluding hydrogens is 296 g/mol. The number of pyridine rings is 1. The number of rotatable bonds is 1. The molecule has 3 rings (SSSR count). The number of ether oxygens (including phenoxy) is 2. The maximum atomic E-state index is 5.92. The minimum atomic E-state index is -0.324. The van der Waals surface area contributed by atoms with Crippen LogP contribution in [0.25, 0.3) is 0 Å². The van der Waals surface area contributed by atoms with Gasteiger partial charge in [-0.1, -0.05) is 0 Å². The fourth-order valence-electron chi connectivity index (χ4n) is 2.65. The number of nitrogens with zero attached hydrogens (tertiary/aromatic N) is 2. The third-order valence-corrected chi connectivity index (χ3v) is 4.01. The summed E-state index contributed by atoms with van der Waals surface area (Å²) >= 11 is 3.46. The fourth-order valence-corrected chi connectivity index (χ4v) is 3.00. The highest BCUT2D eigenvalue weighted by Gasteiger charge is 2.42. The molecule has 0 unspecified atom stereocenters. The van der Waals surface area contributed by atoms with Gasteiger partial charge in [0.1, 0.15) is 0 Å². The Bertz CT molecular complexity index is 433. The second-order valence-corrected chi connectivity index (χ2v) is 5.91. The third-order valence-electron chi connectivity index (χ3n) is 3.58. The average Bonchev–Trinajstić information content (AvgIpc) is 2.72. The summed E-state index contributed by atoms with van der Waals surface area (Å²) in [7, 11) is 0. The SMILES string of the molecule is C[C@@H]1COC2(CCN(c3cncc(Br)c3)CC2)O1. The van der Waals surface area contributed by atoms with Gasteiger partial charge >= 0.3 is 0 Å². The van der Waals surface area contributed by atoms with Crippen LogP contribution in [0.15, 0.2) is 22.9 Å². The summed E-state index contributed by atoms with van der Waals surface area (Å²) in [6, 6.07) is 2.10. The van der Waals surface area contributed by atoms with Crippen molar-refractivity contribution in [1.29, 1.82) is 0 Å². The van der Waals surface area contributed by atoms with Gasteiger partial charge in [0, 0.05) is 36.6 Å². The second kappa shape index (κ2) is 4.79. The van der Waals surface area contributed by atoms with Gasteiger partial charge in [-0.05, 0) is 28.9 Å². The molecule has 0 aliphatic carbocycles.